The summed E-state index contributed by atoms with van der Waals surface area (Å²) in [6, 6.07) is 35.0. The van der Waals surface area contributed by atoms with E-state index in [1.165, 1.54) is 0 Å². The predicted octanol–water partition coefficient (Wildman–Crippen LogP) is 8.54. The number of para-hydroxylation sites is 4. The van der Waals surface area contributed by atoms with Gasteiger partial charge in [-0.1, -0.05) is 111 Å². The van der Waals surface area contributed by atoms with E-state index in [1.807, 2.05) is 109 Å². The second-order valence-electron chi connectivity index (χ2n) is 10.3. The van der Waals surface area contributed by atoms with Gasteiger partial charge in [-0.15, -0.1) is 0 Å². The van der Waals surface area contributed by atoms with E-state index in [0.717, 1.165) is 49.7 Å². The Labute approximate surface area is 249 Å². The van der Waals surface area contributed by atoms with Gasteiger partial charge in [0.05, 0.1) is 11.4 Å². The van der Waals surface area contributed by atoms with Crippen molar-refractivity contribution in [2.75, 3.05) is 10.6 Å². The number of benzene rings is 4. The number of anilines is 2. The monoisotopic (exact) mass is 564 g/mol. The molecule has 0 unspecified atom stereocenters. The number of amides is 2. The summed E-state index contributed by atoms with van der Waals surface area (Å²) in [6.45, 7) is 0.900. The molecule has 0 aromatic heterocycles. The van der Waals surface area contributed by atoms with Crippen LogP contribution < -0.4 is 20.1 Å². The maximum atomic E-state index is 12.5. The van der Waals surface area contributed by atoms with Gasteiger partial charge in [0.2, 0.25) is 11.8 Å². The van der Waals surface area contributed by atoms with E-state index in [-0.39, 0.29) is 11.8 Å². The van der Waals surface area contributed by atoms with Crippen LogP contribution >= 0.6 is 0 Å². The molecule has 6 heteroatoms. The summed E-state index contributed by atoms with van der Waals surface area (Å²) in [7, 11) is 0. The summed E-state index contributed by atoms with van der Waals surface area (Å²) < 4.78 is 11.9. The second kappa shape index (κ2) is 17.3. The van der Waals surface area contributed by atoms with Crippen LogP contribution in [0.2, 0.25) is 0 Å². The third-order valence-electron chi connectivity index (χ3n) is 6.85. The predicted molar refractivity (Wildman–Crippen MR) is 169 cm³/mol. The minimum absolute atomic E-state index is 0.00420. The Balaban J connectivity index is 1.06. The minimum atomic E-state index is -0.00420. The zero-order valence-corrected chi connectivity index (χ0v) is 24.1. The number of rotatable bonds is 17. The minimum Gasteiger partial charge on any atom is -0.487 e. The third-order valence-corrected chi connectivity index (χ3v) is 6.85. The van der Waals surface area contributed by atoms with Gasteiger partial charge < -0.3 is 20.1 Å². The van der Waals surface area contributed by atoms with Crippen LogP contribution in [0.1, 0.15) is 62.5 Å². The maximum absolute atomic E-state index is 12.5. The lowest BCUT2D eigenvalue weighted by atomic mass is 10.1. The lowest BCUT2D eigenvalue weighted by molar-refractivity contribution is -0.117. The smallest absolute Gasteiger partial charge is 0.224 e. The molecule has 42 heavy (non-hydrogen) atoms. The van der Waals surface area contributed by atoms with Crippen LogP contribution in [0.25, 0.3) is 0 Å². The van der Waals surface area contributed by atoms with E-state index in [9.17, 15) is 9.59 Å². The molecule has 2 N–H and O–H groups in total. The number of hydrogen-bond acceptors (Lipinski definition) is 4. The van der Waals surface area contributed by atoms with Gasteiger partial charge in [-0.25, -0.2) is 0 Å². The zero-order valence-electron chi connectivity index (χ0n) is 24.1. The van der Waals surface area contributed by atoms with E-state index in [0.29, 0.717) is 48.9 Å². The molecule has 0 aliphatic rings. The van der Waals surface area contributed by atoms with Crippen LogP contribution in [-0.2, 0) is 22.8 Å². The molecule has 0 bridgehead atoms. The molecule has 4 aromatic carbocycles. The van der Waals surface area contributed by atoms with Gasteiger partial charge in [-0.2, -0.15) is 0 Å². The maximum Gasteiger partial charge on any atom is 0.224 e. The van der Waals surface area contributed by atoms with E-state index >= 15 is 0 Å². The lowest BCUT2D eigenvalue weighted by Gasteiger charge is -2.13. The highest BCUT2D eigenvalue weighted by Crippen LogP contribution is 2.26. The van der Waals surface area contributed by atoms with Crippen molar-refractivity contribution in [1.82, 2.24) is 0 Å². The molecule has 0 atom stereocenters. The summed E-state index contributed by atoms with van der Waals surface area (Å²) in [4.78, 5) is 25.0. The highest BCUT2D eigenvalue weighted by atomic mass is 16.5. The van der Waals surface area contributed by atoms with Gasteiger partial charge in [0.15, 0.2) is 0 Å². The Hall–Kier alpha value is -4.58. The summed E-state index contributed by atoms with van der Waals surface area (Å²) in [6.07, 6.45) is 6.67. The molecule has 2 amide bonds. The van der Waals surface area contributed by atoms with Crippen molar-refractivity contribution in [1.29, 1.82) is 0 Å². The largest absolute Gasteiger partial charge is 0.487 e. The normalized spacial score (nSPS) is 10.6. The first-order valence-electron chi connectivity index (χ1n) is 14.8. The van der Waals surface area contributed by atoms with Crippen molar-refractivity contribution in [3.05, 3.63) is 120 Å². The molecule has 4 aromatic rings. The van der Waals surface area contributed by atoms with E-state index in [1.54, 1.807) is 0 Å². The number of carbonyl (C=O) groups excluding carboxylic acids is 2. The van der Waals surface area contributed by atoms with Crippen LogP contribution in [0.5, 0.6) is 11.5 Å². The SMILES string of the molecule is O=C(CCCCCCCCC(=O)Nc1ccccc1OCc1ccccc1)Nc1ccccc1OCc1ccccc1. The first kappa shape index (κ1) is 30.4. The molecular weight excluding hydrogens is 524 g/mol. The van der Waals surface area contributed by atoms with Gasteiger partial charge in [0, 0.05) is 12.8 Å². The molecule has 0 saturated carbocycles. The molecule has 4 rings (SSSR count). The molecule has 0 spiro atoms. The van der Waals surface area contributed by atoms with Crippen molar-refractivity contribution in [2.24, 2.45) is 0 Å². The van der Waals surface area contributed by atoms with Crippen LogP contribution in [0.4, 0.5) is 11.4 Å². The van der Waals surface area contributed by atoms with E-state index in [4.69, 9.17) is 9.47 Å². The standard InChI is InChI=1S/C36H40N2O4/c39-35(37-31-21-13-15-23-33(31)41-27-29-17-7-5-8-18-29)25-11-3-1-2-4-12-26-36(40)38-32-22-14-16-24-34(32)42-28-30-19-9-6-10-20-30/h5-10,13-24H,1-4,11-12,25-28H2,(H,37,39)(H,38,40). The summed E-state index contributed by atoms with van der Waals surface area (Å²) in [5.41, 5.74) is 3.55. The van der Waals surface area contributed by atoms with Crippen molar-refractivity contribution in [3.63, 3.8) is 0 Å². The molecule has 0 radical (unpaired) electrons. The number of ether oxygens (including phenoxy) is 2. The molecule has 6 nitrogen and oxygen atoms in total. The van der Waals surface area contributed by atoms with Gasteiger partial charge in [0.1, 0.15) is 24.7 Å². The Morgan fingerprint density at radius 2 is 0.810 bits per heavy atom. The summed E-state index contributed by atoms with van der Waals surface area (Å²) in [5, 5.41) is 5.99. The van der Waals surface area contributed by atoms with Crippen LogP contribution in [0.15, 0.2) is 109 Å². The fourth-order valence-corrected chi connectivity index (χ4v) is 4.57. The molecule has 0 aliphatic carbocycles. The average Bonchev–Trinajstić information content (AvgIpc) is 3.02. The second-order valence-corrected chi connectivity index (χ2v) is 10.3. The zero-order chi connectivity index (χ0) is 29.2. The van der Waals surface area contributed by atoms with Crippen LogP contribution in [0, 0.1) is 0 Å². The van der Waals surface area contributed by atoms with Crippen molar-refractivity contribution >= 4 is 23.2 Å². The Morgan fingerprint density at radius 1 is 0.452 bits per heavy atom. The van der Waals surface area contributed by atoms with Crippen LogP contribution in [0.3, 0.4) is 0 Å². The van der Waals surface area contributed by atoms with Crippen molar-refractivity contribution < 1.29 is 19.1 Å². The molecular formula is C36H40N2O4. The fraction of sp³-hybridized carbons (Fsp3) is 0.278. The highest BCUT2D eigenvalue weighted by Gasteiger charge is 2.09. The molecule has 0 aliphatic heterocycles. The van der Waals surface area contributed by atoms with E-state index in [2.05, 4.69) is 10.6 Å². The van der Waals surface area contributed by atoms with Crippen LogP contribution in [-0.4, -0.2) is 11.8 Å². The number of carbonyl (C=O) groups is 2. The van der Waals surface area contributed by atoms with Gasteiger partial charge in [-0.05, 0) is 48.2 Å². The van der Waals surface area contributed by atoms with Gasteiger partial charge >= 0.3 is 0 Å². The average molecular weight is 565 g/mol. The third kappa shape index (κ3) is 10.8. The highest BCUT2D eigenvalue weighted by molar-refractivity contribution is 5.92. The van der Waals surface area contributed by atoms with Crippen molar-refractivity contribution in [2.45, 2.75) is 64.6 Å². The molecule has 0 fully saturated rings. The summed E-state index contributed by atoms with van der Waals surface area (Å²) in [5.74, 6) is 1.33. The molecule has 0 heterocycles. The Morgan fingerprint density at radius 3 is 1.24 bits per heavy atom. The van der Waals surface area contributed by atoms with E-state index < -0.39 is 0 Å². The first-order chi connectivity index (χ1) is 20.7. The number of unbranched alkanes of at least 4 members (excludes halogenated alkanes) is 5. The lowest BCUT2D eigenvalue weighted by Crippen LogP contribution is -2.12. The summed E-state index contributed by atoms with van der Waals surface area (Å²) >= 11 is 0. The molecule has 0 saturated heterocycles. The fourth-order valence-electron chi connectivity index (χ4n) is 4.57. The Bertz CT molecular complexity index is 1270. The number of hydrogen-bond donors (Lipinski definition) is 2. The van der Waals surface area contributed by atoms with Gasteiger partial charge in [0.25, 0.3) is 0 Å². The number of nitrogens with one attached hydrogen (secondary N) is 2. The Kier molecular flexibility index (Phi) is 12.5. The van der Waals surface area contributed by atoms with Crippen molar-refractivity contribution in [3.8, 4) is 11.5 Å². The van der Waals surface area contributed by atoms with Gasteiger partial charge in [-0.3, -0.25) is 9.59 Å². The topological polar surface area (TPSA) is 76.7 Å². The quantitative estimate of drug-likeness (QED) is 0.126. The first-order valence-corrected chi connectivity index (χ1v) is 14.8. The molecule has 218 valence electrons.